The van der Waals surface area contributed by atoms with Crippen LogP contribution in [0.15, 0.2) is 6.33 Å². The molecule has 0 saturated carbocycles. The summed E-state index contributed by atoms with van der Waals surface area (Å²) in [6, 6.07) is 0.393. The normalized spacial score (nSPS) is 26.5. The summed E-state index contributed by atoms with van der Waals surface area (Å²) in [5.41, 5.74) is 0. The number of nitrogens with zero attached hydrogens (tertiary/aromatic N) is 4. The van der Waals surface area contributed by atoms with Crippen LogP contribution in [0, 0.1) is 0 Å². The quantitative estimate of drug-likeness (QED) is 0.912. The summed E-state index contributed by atoms with van der Waals surface area (Å²) >= 11 is 0. The molecule has 3 rings (SSSR count). The summed E-state index contributed by atoms with van der Waals surface area (Å²) in [6.45, 7) is 6.91. The van der Waals surface area contributed by atoms with Crippen molar-refractivity contribution >= 4 is 5.91 Å². The molecule has 1 aromatic heterocycles. The van der Waals surface area contributed by atoms with E-state index in [0.717, 1.165) is 51.1 Å². The number of carbonyl (C=O) groups is 1. The minimum Gasteiger partial charge on any atom is -0.341 e. The van der Waals surface area contributed by atoms with Crippen LogP contribution in [0.4, 0.5) is 0 Å². The molecule has 3 heterocycles. The van der Waals surface area contributed by atoms with Crippen molar-refractivity contribution in [1.82, 2.24) is 25.0 Å². The average molecular weight is 291 g/mol. The van der Waals surface area contributed by atoms with Crippen LogP contribution in [0.25, 0.3) is 0 Å². The Kier molecular flexibility index (Phi) is 4.24. The van der Waals surface area contributed by atoms with Gasteiger partial charge in [-0.3, -0.25) is 4.79 Å². The SMILES string of the molecule is CC(C)n1cnnc1[C@@H]1CCCN(C(=O)[C@@H]2CCCN2)C1. The van der Waals surface area contributed by atoms with Crippen LogP contribution in [0.1, 0.15) is 57.3 Å². The Morgan fingerprint density at radius 1 is 1.38 bits per heavy atom. The smallest absolute Gasteiger partial charge is 0.239 e. The highest BCUT2D eigenvalue weighted by Gasteiger charge is 2.32. The van der Waals surface area contributed by atoms with Gasteiger partial charge in [-0.2, -0.15) is 0 Å². The standard InChI is InChI=1S/C15H25N5O/c1-11(2)20-10-17-18-14(20)12-5-4-8-19(9-12)15(21)13-6-3-7-16-13/h10-13,16H,3-9H2,1-2H3/t12-,13+/m1/s1. The van der Waals surface area contributed by atoms with E-state index in [0.29, 0.717) is 12.0 Å². The molecule has 2 aliphatic rings. The lowest BCUT2D eigenvalue weighted by molar-refractivity contribution is -0.134. The minimum absolute atomic E-state index is 0.0340. The highest BCUT2D eigenvalue weighted by Crippen LogP contribution is 2.27. The van der Waals surface area contributed by atoms with Gasteiger partial charge in [-0.1, -0.05) is 0 Å². The molecule has 21 heavy (non-hydrogen) atoms. The van der Waals surface area contributed by atoms with E-state index in [-0.39, 0.29) is 11.9 Å². The molecular formula is C15H25N5O. The van der Waals surface area contributed by atoms with Gasteiger partial charge in [0.15, 0.2) is 0 Å². The van der Waals surface area contributed by atoms with Crippen molar-refractivity contribution in [3.05, 3.63) is 12.2 Å². The van der Waals surface area contributed by atoms with E-state index in [1.54, 1.807) is 6.33 Å². The van der Waals surface area contributed by atoms with E-state index in [4.69, 9.17) is 0 Å². The van der Waals surface area contributed by atoms with E-state index >= 15 is 0 Å². The summed E-state index contributed by atoms with van der Waals surface area (Å²) in [5.74, 6) is 1.61. The summed E-state index contributed by atoms with van der Waals surface area (Å²) in [5, 5.41) is 11.7. The van der Waals surface area contributed by atoms with Gasteiger partial charge in [0.05, 0.1) is 6.04 Å². The summed E-state index contributed by atoms with van der Waals surface area (Å²) in [4.78, 5) is 14.6. The van der Waals surface area contributed by atoms with Crippen molar-refractivity contribution in [2.45, 2.75) is 57.5 Å². The van der Waals surface area contributed by atoms with Gasteiger partial charge in [-0.15, -0.1) is 10.2 Å². The molecule has 0 aliphatic carbocycles. The fourth-order valence-electron chi connectivity index (χ4n) is 3.45. The first-order valence-corrected chi connectivity index (χ1v) is 8.08. The van der Waals surface area contributed by atoms with Crippen LogP contribution < -0.4 is 5.32 Å². The maximum atomic E-state index is 12.6. The van der Waals surface area contributed by atoms with Crippen molar-refractivity contribution in [3.8, 4) is 0 Å². The molecule has 2 fully saturated rings. The summed E-state index contributed by atoms with van der Waals surface area (Å²) in [6.07, 6.45) is 6.03. The first-order valence-electron chi connectivity index (χ1n) is 8.08. The van der Waals surface area contributed by atoms with E-state index in [1.807, 2.05) is 4.90 Å². The molecule has 1 aromatic rings. The Morgan fingerprint density at radius 3 is 2.95 bits per heavy atom. The lowest BCUT2D eigenvalue weighted by Crippen LogP contribution is -2.47. The second-order valence-electron chi connectivity index (χ2n) is 6.46. The molecule has 1 amide bonds. The highest BCUT2D eigenvalue weighted by molar-refractivity contribution is 5.82. The average Bonchev–Trinajstić information content (AvgIpc) is 3.17. The predicted molar refractivity (Wildman–Crippen MR) is 80.0 cm³/mol. The molecule has 0 bridgehead atoms. The fraction of sp³-hybridized carbons (Fsp3) is 0.800. The van der Waals surface area contributed by atoms with Crippen molar-refractivity contribution in [2.75, 3.05) is 19.6 Å². The van der Waals surface area contributed by atoms with E-state index in [1.165, 1.54) is 0 Å². The van der Waals surface area contributed by atoms with Crippen molar-refractivity contribution < 1.29 is 4.79 Å². The van der Waals surface area contributed by atoms with Crippen LogP contribution >= 0.6 is 0 Å². The molecule has 0 aromatic carbocycles. The molecule has 0 unspecified atom stereocenters. The van der Waals surface area contributed by atoms with Crippen molar-refractivity contribution in [3.63, 3.8) is 0 Å². The van der Waals surface area contributed by atoms with Crippen LogP contribution in [-0.4, -0.2) is 51.2 Å². The number of aromatic nitrogens is 3. The minimum atomic E-state index is 0.0340. The number of likely N-dealkylation sites (tertiary alicyclic amines) is 1. The summed E-state index contributed by atoms with van der Waals surface area (Å²) < 4.78 is 2.13. The van der Waals surface area contributed by atoms with E-state index in [2.05, 4.69) is 33.9 Å². The van der Waals surface area contributed by atoms with Gasteiger partial charge in [0.25, 0.3) is 0 Å². The molecule has 2 saturated heterocycles. The van der Waals surface area contributed by atoms with Gasteiger partial charge < -0.3 is 14.8 Å². The number of carbonyl (C=O) groups excluding carboxylic acids is 1. The number of rotatable bonds is 3. The molecule has 0 spiro atoms. The Labute approximate surface area is 125 Å². The third-order valence-electron chi connectivity index (χ3n) is 4.61. The Morgan fingerprint density at radius 2 is 2.24 bits per heavy atom. The Balaban J connectivity index is 1.70. The van der Waals surface area contributed by atoms with Crippen LogP contribution in [0.3, 0.4) is 0 Å². The lowest BCUT2D eigenvalue weighted by Gasteiger charge is -2.34. The first-order chi connectivity index (χ1) is 10.2. The molecule has 1 N–H and O–H groups in total. The van der Waals surface area contributed by atoms with Crippen LogP contribution in [0.5, 0.6) is 0 Å². The number of nitrogens with one attached hydrogen (secondary N) is 1. The second kappa shape index (κ2) is 6.13. The van der Waals surface area contributed by atoms with Gasteiger partial charge >= 0.3 is 0 Å². The molecule has 6 nitrogen and oxygen atoms in total. The molecule has 116 valence electrons. The maximum Gasteiger partial charge on any atom is 0.239 e. The van der Waals surface area contributed by atoms with E-state index in [9.17, 15) is 4.79 Å². The van der Waals surface area contributed by atoms with Crippen molar-refractivity contribution in [1.29, 1.82) is 0 Å². The Hall–Kier alpha value is -1.43. The zero-order valence-corrected chi connectivity index (χ0v) is 13.0. The number of piperidine rings is 1. The number of amides is 1. The largest absolute Gasteiger partial charge is 0.341 e. The van der Waals surface area contributed by atoms with E-state index < -0.39 is 0 Å². The number of hydrogen-bond donors (Lipinski definition) is 1. The topological polar surface area (TPSA) is 63.1 Å². The van der Waals surface area contributed by atoms with Gasteiger partial charge in [-0.05, 0) is 46.1 Å². The van der Waals surface area contributed by atoms with Crippen LogP contribution in [-0.2, 0) is 4.79 Å². The van der Waals surface area contributed by atoms with Gasteiger partial charge in [0.2, 0.25) is 5.91 Å². The lowest BCUT2D eigenvalue weighted by atomic mass is 9.96. The maximum absolute atomic E-state index is 12.6. The van der Waals surface area contributed by atoms with Gasteiger partial charge in [-0.25, -0.2) is 0 Å². The molecule has 0 radical (unpaired) electrons. The summed E-state index contributed by atoms with van der Waals surface area (Å²) in [7, 11) is 0. The molecule has 2 atom stereocenters. The fourth-order valence-corrected chi connectivity index (χ4v) is 3.45. The highest BCUT2D eigenvalue weighted by atomic mass is 16.2. The number of hydrogen-bond acceptors (Lipinski definition) is 4. The molecule has 6 heteroatoms. The Bertz CT molecular complexity index is 492. The third-order valence-corrected chi connectivity index (χ3v) is 4.61. The van der Waals surface area contributed by atoms with Gasteiger partial charge in [0.1, 0.15) is 12.2 Å². The third kappa shape index (κ3) is 2.95. The van der Waals surface area contributed by atoms with Crippen LogP contribution in [0.2, 0.25) is 0 Å². The molecular weight excluding hydrogens is 266 g/mol. The van der Waals surface area contributed by atoms with Gasteiger partial charge in [0, 0.05) is 25.0 Å². The zero-order valence-electron chi connectivity index (χ0n) is 13.0. The second-order valence-corrected chi connectivity index (χ2v) is 6.46. The monoisotopic (exact) mass is 291 g/mol. The first kappa shape index (κ1) is 14.5. The molecule has 2 aliphatic heterocycles. The van der Waals surface area contributed by atoms with Crippen molar-refractivity contribution in [2.24, 2.45) is 0 Å². The predicted octanol–water partition coefficient (Wildman–Crippen LogP) is 1.32. The zero-order chi connectivity index (χ0) is 14.8.